The van der Waals surface area contributed by atoms with E-state index in [2.05, 4.69) is 5.32 Å². The van der Waals surface area contributed by atoms with Crippen LogP contribution < -0.4 is 5.32 Å². The molecule has 3 N–H and O–H groups in total. The molecule has 2 atom stereocenters. The molecule has 0 aliphatic heterocycles. The number of rotatable bonds is 14. The Kier molecular flexibility index (Phi) is 11.4. The van der Waals surface area contributed by atoms with Gasteiger partial charge in [-0.25, -0.2) is 4.79 Å². The van der Waals surface area contributed by atoms with Crippen LogP contribution in [0.5, 0.6) is 0 Å². The minimum Gasteiger partial charge on any atom is -0.479 e. The lowest BCUT2D eigenvalue weighted by atomic mass is 9.65. The standard InChI is InChI=1S/C23H41NO9S/c1-16(2)14-19(26)32-15-23(29,21(27)28)22(4,5)20(18-10-7-6-8-11-18)33-34(30,31)13-9-12-24-17(3)25/h16,18,20,29H,6-15H2,1-5H3,(H,24,25)(H,27,28)/t20?,23-/m1/s1. The third kappa shape index (κ3) is 8.81. The van der Waals surface area contributed by atoms with E-state index in [4.69, 9.17) is 8.92 Å². The minimum absolute atomic E-state index is 0.0145. The summed E-state index contributed by atoms with van der Waals surface area (Å²) in [6.07, 6.45) is 2.91. The SMILES string of the molecule is CC(=O)NCCCS(=O)(=O)OC(C1CCCCC1)C(C)(C)[C@@](O)(COC(=O)CC(C)C)C(=O)O. The van der Waals surface area contributed by atoms with Gasteiger partial charge >= 0.3 is 11.9 Å². The molecular formula is C23H41NO9S. The van der Waals surface area contributed by atoms with Crippen molar-refractivity contribution in [3.05, 3.63) is 0 Å². The first kappa shape index (κ1) is 30.3. The average molecular weight is 508 g/mol. The maximum absolute atomic E-state index is 12.8. The summed E-state index contributed by atoms with van der Waals surface area (Å²) in [4.78, 5) is 35.3. The Morgan fingerprint density at radius 1 is 1.12 bits per heavy atom. The van der Waals surface area contributed by atoms with Crippen LogP contribution in [0.3, 0.4) is 0 Å². The van der Waals surface area contributed by atoms with E-state index >= 15 is 0 Å². The summed E-state index contributed by atoms with van der Waals surface area (Å²) in [5.74, 6) is -3.24. The Bertz CT molecular complexity index is 803. The van der Waals surface area contributed by atoms with Crippen LogP contribution in [-0.2, 0) is 33.4 Å². The number of amides is 1. The number of nitrogens with one attached hydrogen (secondary N) is 1. The van der Waals surface area contributed by atoms with Crippen LogP contribution in [-0.4, -0.2) is 67.1 Å². The molecule has 0 aromatic rings. The van der Waals surface area contributed by atoms with Gasteiger partial charge in [-0.15, -0.1) is 0 Å². The number of carbonyl (C=O) groups excluding carboxylic acids is 2. The van der Waals surface area contributed by atoms with Crippen molar-refractivity contribution in [2.75, 3.05) is 18.9 Å². The average Bonchev–Trinajstić information content (AvgIpc) is 2.73. The highest BCUT2D eigenvalue weighted by atomic mass is 32.2. The number of carboxylic acid groups (broad SMARTS) is 1. The molecule has 10 nitrogen and oxygen atoms in total. The number of hydrogen-bond donors (Lipinski definition) is 3. The lowest BCUT2D eigenvalue weighted by Crippen LogP contribution is -2.62. The van der Waals surface area contributed by atoms with Crippen LogP contribution in [0.25, 0.3) is 0 Å². The van der Waals surface area contributed by atoms with Crippen LogP contribution >= 0.6 is 0 Å². The van der Waals surface area contributed by atoms with E-state index in [1.807, 2.05) is 0 Å². The molecule has 1 unspecified atom stereocenters. The van der Waals surface area contributed by atoms with E-state index in [9.17, 15) is 33.0 Å². The van der Waals surface area contributed by atoms with Crippen LogP contribution in [0.2, 0.25) is 0 Å². The normalized spacial score (nSPS) is 18.2. The molecule has 0 heterocycles. The molecular weight excluding hydrogens is 466 g/mol. The molecule has 1 amide bonds. The van der Waals surface area contributed by atoms with E-state index in [0.717, 1.165) is 19.3 Å². The lowest BCUT2D eigenvalue weighted by Gasteiger charge is -2.46. The number of hydrogen-bond acceptors (Lipinski definition) is 8. The summed E-state index contributed by atoms with van der Waals surface area (Å²) in [6, 6.07) is 0. The molecule has 1 aliphatic carbocycles. The van der Waals surface area contributed by atoms with Gasteiger partial charge in [0.15, 0.2) is 0 Å². The number of aliphatic carboxylic acids is 1. The summed E-state index contributed by atoms with van der Waals surface area (Å²) in [6.45, 7) is 7.13. The Morgan fingerprint density at radius 2 is 1.71 bits per heavy atom. The van der Waals surface area contributed by atoms with Crippen molar-refractivity contribution in [1.29, 1.82) is 0 Å². The van der Waals surface area contributed by atoms with Gasteiger partial charge < -0.3 is 20.3 Å². The summed E-state index contributed by atoms with van der Waals surface area (Å²) < 4.78 is 36.4. The fourth-order valence-electron chi connectivity index (χ4n) is 4.28. The molecule has 34 heavy (non-hydrogen) atoms. The van der Waals surface area contributed by atoms with Gasteiger partial charge in [0, 0.05) is 25.3 Å². The van der Waals surface area contributed by atoms with Crippen LogP contribution in [0.1, 0.15) is 79.6 Å². The molecule has 0 saturated heterocycles. The quantitative estimate of drug-likeness (QED) is 0.182. The molecule has 1 rings (SSSR count). The highest BCUT2D eigenvalue weighted by Gasteiger charge is 2.58. The van der Waals surface area contributed by atoms with Crippen molar-refractivity contribution in [3.63, 3.8) is 0 Å². The third-order valence-electron chi connectivity index (χ3n) is 6.42. The van der Waals surface area contributed by atoms with Gasteiger partial charge in [-0.1, -0.05) is 47.0 Å². The fraction of sp³-hybridized carbons (Fsp3) is 0.870. The van der Waals surface area contributed by atoms with Gasteiger partial charge in [0.2, 0.25) is 11.5 Å². The van der Waals surface area contributed by atoms with E-state index in [-0.39, 0.29) is 42.9 Å². The molecule has 198 valence electrons. The highest BCUT2D eigenvalue weighted by molar-refractivity contribution is 7.86. The summed E-state index contributed by atoms with van der Waals surface area (Å²) in [5, 5.41) is 23.7. The monoisotopic (exact) mass is 507 g/mol. The third-order valence-corrected chi connectivity index (χ3v) is 7.71. The first-order chi connectivity index (χ1) is 15.6. The van der Waals surface area contributed by atoms with Crippen molar-refractivity contribution in [1.82, 2.24) is 5.32 Å². The number of esters is 1. The summed E-state index contributed by atoms with van der Waals surface area (Å²) in [7, 11) is -4.11. The van der Waals surface area contributed by atoms with Crippen molar-refractivity contribution < 1.29 is 41.9 Å². The Labute approximate surface area is 202 Å². The molecule has 0 aromatic carbocycles. The molecule has 0 bridgehead atoms. The molecule has 1 saturated carbocycles. The van der Waals surface area contributed by atoms with Crippen LogP contribution in [0.15, 0.2) is 0 Å². The first-order valence-corrected chi connectivity index (χ1v) is 13.5. The topological polar surface area (TPSA) is 156 Å². The van der Waals surface area contributed by atoms with Gasteiger partial charge in [0.25, 0.3) is 10.1 Å². The number of carbonyl (C=O) groups is 3. The van der Waals surface area contributed by atoms with Gasteiger partial charge in [0.05, 0.1) is 11.9 Å². The Morgan fingerprint density at radius 3 is 2.21 bits per heavy atom. The van der Waals surface area contributed by atoms with Gasteiger partial charge in [0.1, 0.15) is 6.61 Å². The maximum atomic E-state index is 12.8. The zero-order valence-corrected chi connectivity index (χ0v) is 21.8. The maximum Gasteiger partial charge on any atom is 0.340 e. The first-order valence-electron chi connectivity index (χ1n) is 11.9. The Balaban J connectivity index is 3.18. The second-order valence-corrected chi connectivity index (χ2v) is 11.9. The number of carboxylic acids is 1. The smallest absolute Gasteiger partial charge is 0.340 e. The van der Waals surface area contributed by atoms with Crippen molar-refractivity contribution in [2.45, 2.75) is 91.3 Å². The number of ether oxygens (including phenoxy) is 1. The number of aliphatic hydroxyl groups is 1. The van der Waals surface area contributed by atoms with Gasteiger partial charge in [-0.2, -0.15) is 8.42 Å². The van der Waals surface area contributed by atoms with Gasteiger partial charge in [-0.3, -0.25) is 13.8 Å². The molecule has 0 radical (unpaired) electrons. The molecule has 11 heteroatoms. The highest BCUT2D eigenvalue weighted by Crippen LogP contribution is 2.44. The van der Waals surface area contributed by atoms with Crippen molar-refractivity contribution in [2.24, 2.45) is 17.3 Å². The zero-order chi connectivity index (χ0) is 26.2. The molecule has 0 aromatic heterocycles. The second-order valence-electron chi connectivity index (χ2n) is 10.2. The second kappa shape index (κ2) is 12.8. The summed E-state index contributed by atoms with van der Waals surface area (Å²) in [5.41, 5.74) is -4.20. The predicted molar refractivity (Wildman–Crippen MR) is 125 cm³/mol. The van der Waals surface area contributed by atoms with Crippen molar-refractivity contribution >= 4 is 28.0 Å². The summed E-state index contributed by atoms with van der Waals surface area (Å²) >= 11 is 0. The minimum atomic E-state index is -4.11. The zero-order valence-electron chi connectivity index (χ0n) is 21.0. The van der Waals surface area contributed by atoms with Gasteiger partial charge in [-0.05, 0) is 31.1 Å². The largest absolute Gasteiger partial charge is 0.479 e. The lowest BCUT2D eigenvalue weighted by molar-refractivity contribution is -0.201. The van der Waals surface area contributed by atoms with E-state index in [1.54, 1.807) is 13.8 Å². The van der Waals surface area contributed by atoms with E-state index < -0.39 is 45.8 Å². The predicted octanol–water partition coefficient (Wildman–Crippen LogP) is 2.24. The Hall–Kier alpha value is -1.72. The molecule has 1 fully saturated rings. The molecule has 1 aliphatic rings. The van der Waals surface area contributed by atoms with E-state index in [1.165, 1.54) is 20.8 Å². The molecule has 0 spiro atoms. The van der Waals surface area contributed by atoms with E-state index in [0.29, 0.717) is 12.8 Å². The van der Waals surface area contributed by atoms with Crippen LogP contribution in [0.4, 0.5) is 0 Å². The fourth-order valence-corrected chi connectivity index (χ4v) is 5.59. The van der Waals surface area contributed by atoms with Crippen LogP contribution in [0, 0.1) is 17.3 Å². The van der Waals surface area contributed by atoms with Crippen molar-refractivity contribution in [3.8, 4) is 0 Å².